The minimum atomic E-state index is -0.935. The Labute approximate surface area is 107 Å². The second kappa shape index (κ2) is 4.45. The Morgan fingerprint density at radius 2 is 2.28 bits per heavy atom. The lowest BCUT2D eigenvalue weighted by Gasteiger charge is -2.18. The number of rotatable bonds is 4. The molecule has 1 N–H and O–H groups in total. The number of hydrogen-bond donors (Lipinski definition) is 1. The number of carbonyl (C=O) groups is 1. The van der Waals surface area contributed by atoms with E-state index < -0.39 is 11.4 Å². The van der Waals surface area contributed by atoms with Crippen molar-refractivity contribution in [3.05, 3.63) is 10.4 Å². The molecule has 0 aliphatic heterocycles. The van der Waals surface area contributed by atoms with Crippen LogP contribution in [0.25, 0.3) is 11.5 Å². The summed E-state index contributed by atoms with van der Waals surface area (Å²) in [6, 6.07) is 0. The van der Waals surface area contributed by atoms with E-state index in [9.17, 15) is 4.79 Å². The van der Waals surface area contributed by atoms with Gasteiger partial charge in [-0.05, 0) is 31.2 Å². The molecule has 0 radical (unpaired) electrons. The van der Waals surface area contributed by atoms with E-state index in [0.717, 1.165) is 5.01 Å². The summed E-state index contributed by atoms with van der Waals surface area (Å²) in [7, 11) is 0. The molecule has 0 amide bonds. The summed E-state index contributed by atoms with van der Waals surface area (Å²) in [6.07, 6.45) is 0. The predicted octanol–water partition coefficient (Wildman–Crippen LogP) is 1.22. The quantitative estimate of drug-likeness (QED) is 0.895. The van der Waals surface area contributed by atoms with E-state index in [2.05, 4.69) is 20.5 Å². The second-order valence-electron chi connectivity index (χ2n) is 4.60. The summed E-state index contributed by atoms with van der Waals surface area (Å²) in [6.45, 7) is 5.35. The molecular weight excluding hydrogens is 254 g/mol. The number of nitrogens with zero attached hydrogens (tertiary/aromatic N) is 5. The summed E-state index contributed by atoms with van der Waals surface area (Å²) >= 11 is 1.50. The molecule has 2 aromatic heterocycles. The van der Waals surface area contributed by atoms with Crippen LogP contribution < -0.4 is 0 Å². The Hall–Kier alpha value is -1.83. The molecular formula is C10H13N5O2S. The summed E-state index contributed by atoms with van der Waals surface area (Å²) in [4.78, 5) is 15.4. The normalized spacial score (nSPS) is 11.7. The van der Waals surface area contributed by atoms with Gasteiger partial charge in [0.25, 0.3) is 0 Å². The number of aryl methyl sites for hydroxylation is 1. The number of carboxylic acids is 1. The number of aliphatic carboxylic acids is 1. The molecule has 18 heavy (non-hydrogen) atoms. The summed E-state index contributed by atoms with van der Waals surface area (Å²) in [5.41, 5.74) is -0.265. The highest BCUT2D eigenvalue weighted by atomic mass is 32.1. The van der Waals surface area contributed by atoms with Crippen molar-refractivity contribution in [3.8, 4) is 11.5 Å². The monoisotopic (exact) mass is 267 g/mol. The molecule has 0 saturated heterocycles. The van der Waals surface area contributed by atoms with Gasteiger partial charge in [0.2, 0.25) is 5.82 Å². The first-order valence-electron chi connectivity index (χ1n) is 5.32. The fraction of sp³-hybridized carbons (Fsp3) is 0.500. The van der Waals surface area contributed by atoms with E-state index in [1.165, 1.54) is 16.0 Å². The first-order valence-corrected chi connectivity index (χ1v) is 6.20. The standard InChI is InChI=1S/C10H13N5O2S/c1-6-11-7(4-18-6)8-12-13-14-15(8)5-10(2,3)9(16)17/h4H,5H2,1-3H3,(H,16,17). The number of aromatic nitrogens is 5. The Balaban J connectivity index is 2.32. The summed E-state index contributed by atoms with van der Waals surface area (Å²) in [5, 5.41) is 23.2. The van der Waals surface area contributed by atoms with Gasteiger partial charge in [-0.25, -0.2) is 9.67 Å². The van der Waals surface area contributed by atoms with Crippen molar-refractivity contribution in [2.24, 2.45) is 5.41 Å². The van der Waals surface area contributed by atoms with Gasteiger partial charge >= 0.3 is 5.97 Å². The molecule has 0 aliphatic rings. The highest BCUT2D eigenvalue weighted by Gasteiger charge is 2.29. The lowest BCUT2D eigenvalue weighted by Crippen LogP contribution is -2.30. The van der Waals surface area contributed by atoms with Crippen LogP contribution in [0.2, 0.25) is 0 Å². The molecule has 0 unspecified atom stereocenters. The number of tetrazole rings is 1. The van der Waals surface area contributed by atoms with Crippen molar-refractivity contribution in [1.29, 1.82) is 0 Å². The van der Waals surface area contributed by atoms with Crippen molar-refractivity contribution < 1.29 is 9.90 Å². The fourth-order valence-electron chi connectivity index (χ4n) is 1.40. The highest BCUT2D eigenvalue weighted by molar-refractivity contribution is 7.09. The van der Waals surface area contributed by atoms with Gasteiger partial charge in [-0.2, -0.15) is 0 Å². The molecule has 0 aliphatic carbocycles. The maximum Gasteiger partial charge on any atom is 0.310 e. The second-order valence-corrected chi connectivity index (χ2v) is 5.66. The van der Waals surface area contributed by atoms with E-state index in [0.29, 0.717) is 11.5 Å². The molecule has 8 heteroatoms. The molecule has 96 valence electrons. The zero-order valence-electron chi connectivity index (χ0n) is 10.3. The SMILES string of the molecule is Cc1nc(-c2nnnn2CC(C)(C)C(=O)O)cs1. The van der Waals surface area contributed by atoms with Crippen LogP contribution in [0.15, 0.2) is 5.38 Å². The minimum absolute atomic E-state index is 0.196. The lowest BCUT2D eigenvalue weighted by atomic mass is 9.94. The van der Waals surface area contributed by atoms with Crippen LogP contribution in [0.5, 0.6) is 0 Å². The van der Waals surface area contributed by atoms with Crippen LogP contribution >= 0.6 is 11.3 Å². The predicted molar refractivity (Wildman–Crippen MR) is 65.1 cm³/mol. The van der Waals surface area contributed by atoms with Crippen LogP contribution in [0.3, 0.4) is 0 Å². The van der Waals surface area contributed by atoms with Crippen LogP contribution in [-0.2, 0) is 11.3 Å². The first kappa shape index (κ1) is 12.6. The van der Waals surface area contributed by atoms with Gasteiger partial charge in [0.05, 0.1) is 17.0 Å². The lowest BCUT2D eigenvalue weighted by molar-refractivity contribution is -0.147. The van der Waals surface area contributed by atoms with Crippen molar-refractivity contribution in [3.63, 3.8) is 0 Å². The third-order valence-electron chi connectivity index (χ3n) is 2.50. The molecule has 2 aromatic rings. The molecule has 0 aromatic carbocycles. The minimum Gasteiger partial charge on any atom is -0.481 e. The van der Waals surface area contributed by atoms with Gasteiger partial charge in [-0.3, -0.25) is 4.79 Å². The van der Waals surface area contributed by atoms with Gasteiger partial charge in [0, 0.05) is 5.38 Å². The van der Waals surface area contributed by atoms with Crippen molar-refractivity contribution in [2.45, 2.75) is 27.3 Å². The molecule has 2 heterocycles. The Morgan fingerprint density at radius 1 is 1.56 bits per heavy atom. The van der Waals surface area contributed by atoms with Crippen LogP contribution in [-0.4, -0.2) is 36.3 Å². The molecule has 0 atom stereocenters. The van der Waals surface area contributed by atoms with Gasteiger partial charge in [-0.1, -0.05) is 0 Å². The summed E-state index contributed by atoms with van der Waals surface area (Å²) in [5.74, 6) is -0.396. The van der Waals surface area contributed by atoms with Crippen LogP contribution in [0.1, 0.15) is 18.9 Å². The van der Waals surface area contributed by atoms with Gasteiger partial charge < -0.3 is 5.11 Å². The van der Waals surface area contributed by atoms with E-state index in [4.69, 9.17) is 5.11 Å². The van der Waals surface area contributed by atoms with Crippen LogP contribution in [0.4, 0.5) is 0 Å². The van der Waals surface area contributed by atoms with E-state index in [-0.39, 0.29) is 6.54 Å². The first-order chi connectivity index (χ1) is 8.40. The zero-order valence-corrected chi connectivity index (χ0v) is 11.1. The maximum absolute atomic E-state index is 11.1. The maximum atomic E-state index is 11.1. The Bertz CT molecular complexity index is 574. The van der Waals surface area contributed by atoms with Gasteiger partial charge in [0.1, 0.15) is 5.69 Å². The van der Waals surface area contributed by atoms with Crippen molar-refractivity contribution in [1.82, 2.24) is 25.2 Å². The van der Waals surface area contributed by atoms with Gasteiger partial charge in [0.15, 0.2) is 0 Å². The van der Waals surface area contributed by atoms with Crippen molar-refractivity contribution >= 4 is 17.3 Å². The molecule has 0 spiro atoms. The smallest absolute Gasteiger partial charge is 0.310 e. The van der Waals surface area contributed by atoms with E-state index in [1.54, 1.807) is 13.8 Å². The molecule has 2 rings (SSSR count). The number of hydrogen-bond acceptors (Lipinski definition) is 6. The third-order valence-corrected chi connectivity index (χ3v) is 3.28. The number of thiazole rings is 1. The molecule has 0 saturated carbocycles. The Morgan fingerprint density at radius 3 is 2.83 bits per heavy atom. The summed E-state index contributed by atoms with van der Waals surface area (Å²) < 4.78 is 1.47. The van der Waals surface area contributed by atoms with Crippen molar-refractivity contribution in [2.75, 3.05) is 0 Å². The largest absolute Gasteiger partial charge is 0.481 e. The average Bonchev–Trinajstić information content (AvgIpc) is 2.86. The van der Waals surface area contributed by atoms with Gasteiger partial charge in [-0.15, -0.1) is 16.4 Å². The molecule has 0 bridgehead atoms. The fourth-order valence-corrected chi connectivity index (χ4v) is 1.99. The third kappa shape index (κ3) is 2.37. The Kier molecular flexibility index (Phi) is 3.12. The highest BCUT2D eigenvalue weighted by Crippen LogP contribution is 2.23. The van der Waals surface area contributed by atoms with E-state index in [1.807, 2.05) is 12.3 Å². The van der Waals surface area contributed by atoms with Crippen LogP contribution in [0, 0.1) is 12.3 Å². The molecule has 7 nitrogen and oxygen atoms in total. The molecule has 0 fully saturated rings. The average molecular weight is 267 g/mol. The van der Waals surface area contributed by atoms with E-state index >= 15 is 0 Å². The topological polar surface area (TPSA) is 93.8 Å². The number of carboxylic acid groups (broad SMARTS) is 1. The zero-order chi connectivity index (χ0) is 13.3.